The Bertz CT molecular complexity index is 390. The van der Waals surface area contributed by atoms with Crippen LogP contribution in [0.2, 0.25) is 0 Å². The monoisotopic (exact) mass is 255 g/mol. The number of nitriles is 1. The minimum absolute atomic E-state index is 0.253. The van der Waals surface area contributed by atoms with Crippen LogP contribution in [0.15, 0.2) is 28.0 Å². The van der Waals surface area contributed by atoms with Crippen LogP contribution in [0.1, 0.15) is 5.56 Å². The zero-order chi connectivity index (χ0) is 12.0. The molecule has 0 aliphatic heterocycles. The number of benzene rings is 1. The first kappa shape index (κ1) is 13.4. The number of nitrogens with zero attached hydrogens (tertiary/aromatic N) is 1. The summed E-state index contributed by atoms with van der Waals surface area (Å²) in [5.41, 5.74) is 0.644. The van der Waals surface area contributed by atoms with Crippen LogP contribution >= 0.6 is 23.5 Å². The Morgan fingerprint density at radius 1 is 1.44 bits per heavy atom. The second-order valence-electron chi connectivity index (χ2n) is 3.09. The molecular weight excluding hydrogens is 242 g/mol. The van der Waals surface area contributed by atoms with Gasteiger partial charge in [-0.2, -0.15) is 5.26 Å². The fourth-order valence-electron chi connectivity index (χ4n) is 1.15. The first-order valence-corrected chi connectivity index (χ1v) is 6.92. The molecule has 0 aromatic heterocycles. The summed E-state index contributed by atoms with van der Waals surface area (Å²) in [6.45, 7) is -0.253. The Morgan fingerprint density at radius 2 is 2.12 bits per heavy atom. The predicted octanol–water partition coefficient (Wildman–Crippen LogP) is 1.73. The fourth-order valence-corrected chi connectivity index (χ4v) is 2.74. The topological polar surface area (TPSA) is 64.2 Å². The molecule has 1 aromatic rings. The Kier molecular flexibility index (Phi) is 5.71. The van der Waals surface area contributed by atoms with Gasteiger partial charge in [-0.1, -0.05) is 6.07 Å². The minimum atomic E-state index is -0.741. The maximum absolute atomic E-state index is 9.25. The second kappa shape index (κ2) is 6.81. The van der Waals surface area contributed by atoms with Crippen molar-refractivity contribution in [3.05, 3.63) is 23.8 Å². The molecule has 5 heteroatoms. The molecular formula is C11H13NO2S2. The first-order chi connectivity index (χ1) is 7.72. The molecule has 0 heterocycles. The number of rotatable bonds is 5. The average molecular weight is 255 g/mol. The lowest BCUT2D eigenvalue weighted by Crippen LogP contribution is -2.14. The molecule has 0 aliphatic rings. The first-order valence-electron chi connectivity index (χ1n) is 4.71. The van der Waals surface area contributed by atoms with Crippen LogP contribution < -0.4 is 0 Å². The van der Waals surface area contributed by atoms with Crippen molar-refractivity contribution >= 4 is 23.5 Å². The maximum atomic E-state index is 9.25. The molecule has 1 rings (SSSR count). The third-order valence-electron chi connectivity index (χ3n) is 1.96. The quantitative estimate of drug-likeness (QED) is 0.784. The van der Waals surface area contributed by atoms with Crippen LogP contribution in [0.25, 0.3) is 0 Å². The van der Waals surface area contributed by atoms with Crippen molar-refractivity contribution in [3.63, 3.8) is 0 Å². The van der Waals surface area contributed by atoms with Gasteiger partial charge in [-0.3, -0.25) is 0 Å². The number of hydrogen-bond acceptors (Lipinski definition) is 5. The lowest BCUT2D eigenvalue weighted by atomic mass is 10.2. The Labute approximate surface area is 103 Å². The van der Waals surface area contributed by atoms with E-state index in [1.165, 1.54) is 23.5 Å². The molecule has 0 spiro atoms. The molecule has 86 valence electrons. The standard InChI is InChI=1S/C11H13NO2S2/c1-15-10-3-2-4-11(9(10)5-12)16-7-8(14)6-13/h2-4,8,13-14H,6-7H2,1H3. The van der Waals surface area contributed by atoms with E-state index in [1.54, 1.807) is 0 Å². The molecule has 0 fully saturated rings. The van der Waals surface area contributed by atoms with Gasteiger partial charge >= 0.3 is 0 Å². The third-order valence-corrected chi connectivity index (χ3v) is 3.94. The summed E-state index contributed by atoms with van der Waals surface area (Å²) < 4.78 is 0. The van der Waals surface area contributed by atoms with E-state index in [-0.39, 0.29) is 6.61 Å². The third kappa shape index (κ3) is 3.42. The van der Waals surface area contributed by atoms with E-state index < -0.39 is 6.10 Å². The molecule has 16 heavy (non-hydrogen) atoms. The van der Waals surface area contributed by atoms with E-state index in [0.717, 1.165) is 9.79 Å². The van der Waals surface area contributed by atoms with Crippen LogP contribution in [0.3, 0.4) is 0 Å². The van der Waals surface area contributed by atoms with Crippen molar-refractivity contribution in [1.29, 1.82) is 5.26 Å². The van der Waals surface area contributed by atoms with Crippen molar-refractivity contribution < 1.29 is 10.2 Å². The Balaban J connectivity index is 2.84. The molecule has 3 nitrogen and oxygen atoms in total. The van der Waals surface area contributed by atoms with Gasteiger partial charge in [0.05, 0.1) is 18.3 Å². The number of aliphatic hydroxyl groups is 2. The molecule has 1 aromatic carbocycles. The van der Waals surface area contributed by atoms with Crippen molar-refractivity contribution in [3.8, 4) is 6.07 Å². The smallest absolute Gasteiger partial charge is 0.101 e. The molecule has 0 saturated heterocycles. The normalized spacial score (nSPS) is 12.1. The van der Waals surface area contributed by atoms with E-state index in [0.29, 0.717) is 11.3 Å². The zero-order valence-corrected chi connectivity index (χ0v) is 10.5. The molecule has 0 saturated carbocycles. The maximum Gasteiger partial charge on any atom is 0.101 e. The molecule has 0 bridgehead atoms. The number of thioether (sulfide) groups is 2. The fraction of sp³-hybridized carbons (Fsp3) is 0.364. The molecule has 2 N–H and O–H groups in total. The molecule has 0 radical (unpaired) electrons. The van der Waals surface area contributed by atoms with Gasteiger partial charge in [0, 0.05) is 15.5 Å². The Hall–Kier alpha value is -0.670. The molecule has 1 atom stereocenters. The minimum Gasteiger partial charge on any atom is -0.394 e. The highest BCUT2D eigenvalue weighted by Crippen LogP contribution is 2.29. The molecule has 1 unspecified atom stereocenters. The predicted molar refractivity (Wildman–Crippen MR) is 66.8 cm³/mol. The van der Waals surface area contributed by atoms with Crippen molar-refractivity contribution in [2.45, 2.75) is 15.9 Å². The van der Waals surface area contributed by atoms with Crippen molar-refractivity contribution in [2.75, 3.05) is 18.6 Å². The number of aliphatic hydroxyl groups excluding tert-OH is 2. The zero-order valence-electron chi connectivity index (χ0n) is 8.88. The van der Waals surface area contributed by atoms with Crippen LogP contribution in [-0.4, -0.2) is 34.9 Å². The van der Waals surface area contributed by atoms with Gasteiger partial charge in [-0.15, -0.1) is 23.5 Å². The van der Waals surface area contributed by atoms with Crippen LogP contribution in [0.5, 0.6) is 0 Å². The van der Waals surface area contributed by atoms with Crippen LogP contribution in [-0.2, 0) is 0 Å². The summed E-state index contributed by atoms with van der Waals surface area (Å²) in [6.07, 6.45) is 1.18. The Morgan fingerprint density at radius 3 is 2.69 bits per heavy atom. The number of hydrogen-bond donors (Lipinski definition) is 2. The average Bonchev–Trinajstić information content (AvgIpc) is 2.34. The SMILES string of the molecule is CSc1cccc(SCC(O)CO)c1C#N. The van der Waals surface area contributed by atoms with E-state index >= 15 is 0 Å². The van der Waals surface area contributed by atoms with Crippen LogP contribution in [0, 0.1) is 11.3 Å². The molecule has 0 aliphatic carbocycles. The summed E-state index contributed by atoms with van der Waals surface area (Å²) in [7, 11) is 0. The summed E-state index contributed by atoms with van der Waals surface area (Å²) in [5, 5.41) is 27.0. The largest absolute Gasteiger partial charge is 0.394 e. The summed E-state index contributed by atoms with van der Waals surface area (Å²) in [4.78, 5) is 1.79. The highest BCUT2D eigenvalue weighted by Gasteiger charge is 2.09. The van der Waals surface area contributed by atoms with Gasteiger partial charge in [0.25, 0.3) is 0 Å². The van der Waals surface area contributed by atoms with Crippen molar-refractivity contribution in [2.24, 2.45) is 0 Å². The van der Waals surface area contributed by atoms with Gasteiger partial charge in [-0.05, 0) is 18.4 Å². The summed E-state index contributed by atoms with van der Waals surface area (Å²) >= 11 is 2.91. The molecule has 0 amide bonds. The van der Waals surface area contributed by atoms with E-state index in [4.69, 9.17) is 10.4 Å². The highest BCUT2D eigenvalue weighted by molar-refractivity contribution is 8.00. The lowest BCUT2D eigenvalue weighted by Gasteiger charge is -2.09. The van der Waals surface area contributed by atoms with Crippen LogP contribution in [0.4, 0.5) is 0 Å². The van der Waals surface area contributed by atoms with Gasteiger partial charge in [-0.25, -0.2) is 0 Å². The highest BCUT2D eigenvalue weighted by atomic mass is 32.2. The summed E-state index contributed by atoms with van der Waals surface area (Å²) in [6, 6.07) is 7.81. The van der Waals surface area contributed by atoms with E-state index in [2.05, 4.69) is 6.07 Å². The van der Waals surface area contributed by atoms with E-state index in [9.17, 15) is 5.11 Å². The van der Waals surface area contributed by atoms with Gasteiger partial charge in [0.15, 0.2) is 0 Å². The summed E-state index contributed by atoms with van der Waals surface area (Å²) in [5.74, 6) is 0.392. The lowest BCUT2D eigenvalue weighted by molar-refractivity contribution is 0.113. The van der Waals surface area contributed by atoms with E-state index in [1.807, 2.05) is 24.5 Å². The van der Waals surface area contributed by atoms with Crippen molar-refractivity contribution in [1.82, 2.24) is 0 Å². The van der Waals surface area contributed by atoms with Gasteiger partial charge in [0.2, 0.25) is 0 Å². The van der Waals surface area contributed by atoms with Gasteiger partial charge in [0.1, 0.15) is 6.07 Å². The second-order valence-corrected chi connectivity index (χ2v) is 5.00. The van der Waals surface area contributed by atoms with Gasteiger partial charge < -0.3 is 10.2 Å².